The Morgan fingerprint density at radius 3 is 1.37 bits per heavy atom. The van der Waals surface area contributed by atoms with E-state index in [4.69, 9.17) is 0 Å². The van der Waals surface area contributed by atoms with Gasteiger partial charge in [0, 0.05) is 0 Å². The molecule has 0 heterocycles. The Morgan fingerprint density at radius 1 is 0.667 bits per heavy atom. The molecule has 1 rings (SSSR count). The van der Waals surface area contributed by atoms with Gasteiger partial charge >= 0.3 is 169 Å². The zero-order valence-electron chi connectivity index (χ0n) is 18.4. The molecule has 2 N–H and O–H groups in total. The van der Waals surface area contributed by atoms with Gasteiger partial charge in [0.15, 0.2) is 0 Å². The van der Waals surface area contributed by atoms with E-state index in [1.165, 1.54) is 0 Å². The van der Waals surface area contributed by atoms with Gasteiger partial charge < -0.3 is 0 Å². The molecule has 1 aromatic carbocycles. The zero-order valence-corrected chi connectivity index (χ0v) is 20.3. The summed E-state index contributed by atoms with van der Waals surface area (Å²) in [6.45, 7) is 9.00. The van der Waals surface area contributed by atoms with Crippen LogP contribution in [0.4, 0.5) is 0 Å². The van der Waals surface area contributed by atoms with Crippen molar-refractivity contribution in [2.75, 3.05) is 24.6 Å². The number of hydrogen-bond donors (Lipinski definition) is 2. The van der Waals surface area contributed by atoms with Gasteiger partial charge in [-0.25, -0.2) is 0 Å². The summed E-state index contributed by atoms with van der Waals surface area (Å²) in [6.07, 6.45) is 11.6. The second-order valence-corrected chi connectivity index (χ2v) is 22.3. The maximum atomic E-state index is 12.0. The van der Waals surface area contributed by atoms with Gasteiger partial charge in [0.2, 0.25) is 0 Å². The van der Waals surface area contributed by atoms with Crippen molar-refractivity contribution in [2.24, 2.45) is 0 Å². The van der Waals surface area contributed by atoms with Crippen LogP contribution in [-0.4, -0.2) is 34.4 Å². The van der Waals surface area contributed by atoms with E-state index in [0.29, 0.717) is 6.16 Å². The summed E-state index contributed by atoms with van der Waals surface area (Å²) in [5, 5.41) is 0. The molecule has 0 atom stereocenters. The molecule has 0 saturated carbocycles. The van der Waals surface area contributed by atoms with Crippen LogP contribution in [0.5, 0.6) is 0 Å². The predicted molar refractivity (Wildman–Crippen MR) is 129 cm³/mol. The molecule has 0 aromatic heterocycles. The summed E-state index contributed by atoms with van der Waals surface area (Å²) >= 11 is 0. The molecule has 0 fully saturated rings. The molecule has 0 aliphatic rings. The van der Waals surface area contributed by atoms with Crippen LogP contribution in [0.15, 0.2) is 30.3 Å². The molecule has 0 aliphatic carbocycles. The molecule has 0 saturated heterocycles. The third-order valence-electron chi connectivity index (χ3n) is 6.69. The third kappa shape index (κ3) is 6.24. The van der Waals surface area contributed by atoms with Crippen LogP contribution < -0.4 is 0 Å². The molecule has 0 spiro atoms. The fraction of sp³-hybridized carbons (Fsp3) is 0.739. The SMILES string of the molecule is CCCCP(CCCC)(CCCC)(CCCC)[PH](O)(O)Cc1ccccc1. The van der Waals surface area contributed by atoms with E-state index in [1.807, 2.05) is 18.2 Å². The van der Waals surface area contributed by atoms with Gasteiger partial charge in [-0.1, -0.05) is 0 Å². The van der Waals surface area contributed by atoms with Crippen molar-refractivity contribution in [1.29, 1.82) is 0 Å². The fourth-order valence-electron chi connectivity index (χ4n) is 4.77. The summed E-state index contributed by atoms with van der Waals surface area (Å²) in [4.78, 5) is 24.0. The van der Waals surface area contributed by atoms with Gasteiger partial charge in [0.1, 0.15) is 0 Å². The Labute approximate surface area is 169 Å². The van der Waals surface area contributed by atoms with Crippen molar-refractivity contribution in [3.8, 4) is 0 Å². The van der Waals surface area contributed by atoms with Crippen LogP contribution in [-0.2, 0) is 6.16 Å². The van der Waals surface area contributed by atoms with E-state index in [0.717, 1.165) is 81.6 Å². The van der Waals surface area contributed by atoms with Crippen molar-refractivity contribution >= 4 is 13.7 Å². The van der Waals surface area contributed by atoms with Crippen molar-refractivity contribution in [2.45, 2.75) is 85.2 Å². The Morgan fingerprint density at radius 2 is 1.04 bits per heavy atom. The standard InChI is InChI=1S/C23H46O2P2/c1-5-9-18-27(19-10-6-2,20-11-7-3,21-12-8-4)26(24,25)22-23-16-14-13-15-17-23/h13-17,24-26H,5-12,18-22H2,1-4H3. The molecular weight excluding hydrogens is 370 g/mol. The van der Waals surface area contributed by atoms with Crippen LogP contribution >= 0.6 is 13.7 Å². The molecule has 160 valence electrons. The van der Waals surface area contributed by atoms with E-state index in [2.05, 4.69) is 39.8 Å². The van der Waals surface area contributed by atoms with Gasteiger partial charge in [-0.3, -0.25) is 0 Å². The molecule has 1 aromatic rings. The monoisotopic (exact) mass is 416 g/mol. The first kappa shape index (κ1) is 25.0. The van der Waals surface area contributed by atoms with Crippen LogP contribution in [0, 0.1) is 0 Å². The third-order valence-corrected chi connectivity index (χ3v) is 24.8. The predicted octanol–water partition coefficient (Wildman–Crippen LogP) is 7.42. The number of rotatable bonds is 15. The van der Waals surface area contributed by atoms with Crippen molar-refractivity contribution in [3.05, 3.63) is 35.9 Å². The summed E-state index contributed by atoms with van der Waals surface area (Å²) in [7, 11) is -3.39. The average molecular weight is 417 g/mol. The molecule has 27 heavy (non-hydrogen) atoms. The minimum atomic E-state index is -3.39. The Hall–Kier alpha value is -0.000000000000000111. The van der Waals surface area contributed by atoms with Gasteiger partial charge in [-0.05, 0) is 0 Å². The first-order valence-electron chi connectivity index (χ1n) is 11.4. The van der Waals surface area contributed by atoms with Crippen LogP contribution in [0.25, 0.3) is 0 Å². The molecule has 0 aliphatic heterocycles. The van der Waals surface area contributed by atoms with E-state index in [-0.39, 0.29) is 0 Å². The first-order valence-corrected chi connectivity index (χ1v) is 17.3. The van der Waals surface area contributed by atoms with Crippen molar-refractivity contribution in [1.82, 2.24) is 0 Å². The van der Waals surface area contributed by atoms with Crippen LogP contribution in [0.2, 0.25) is 0 Å². The fourth-order valence-corrected chi connectivity index (χ4v) is 21.4. The van der Waals surface area contributed by atoms with E-state index in [9.17, 15) is 9.79 Å². The van der Waals surface area contributed by atoms with Gasteiger partial charge in [-0.2, -0.15) is 0 Å². The van der Waals surface area contributed by atoms with Crippen LogP contribution in [0.1, 0.15) is 84.6 Å². The van der Waals surface area contributed by atoms with Crippen molar-refractivity contribution < 1.29 is 9.79 Å². The zero-order chi connectivity index (χ0) is 20.3. The van der Waals surface area contributed by atoms with E-state index >= 15 is 0 Å². The van der Waals surface area contributed by atoms with Gasteiger partial charge in [-0.15, -0.1) is 0 Å². The Balaban J connectivity index is 3.45. The molecule has 2 nitrogen and oxygen atoms in total. The quantitative estimate of drug-likeness (QED) is 0.292. The number of hydrogen-bond acceptors (Lipinski definition) is 2. The summed E-state index contributed by atoms with van der Waals surface area (Å²) in [6, 6.07) is 10.2. The summed E-state index contributed by atoms with van der Waals surface area (Å²) in [5.74, 6) is 0. The number of unbranched alkanes of at least 4 members (excludes halogenated alkanes) is 4. The first-order chi connectivity index (χ1) is 12.9. The summed E-state index contributed by atoms with van der Waals surface area (Å²) < 4.78 is 0. The second-order valence-electron chi connectivity index (χ2n) is 8.72. The second kappa shape index (κ2) is 11.9. The van der Waals surface area contributed by atoms with E-state index < -0.39 is 13.7 Å². The minimum absolute atomic E-state index is 0.520. The average Bonchev–Trinajstić information content (AvgIpc) is 2.67. The molecule has 0 unspecified atom stereocenters. The van der Waals surface area contributed by atoms with Crippen molar-refractivity contribution in [3.63, 3.8) is 0 Å². The van der Waals surface area contributed by atoms with Crippen LogP contribution in [0.3, 0.4) is 0 Å². The Bertz CT molecular complexity index is 473. The molecular formula is C23H46O2P2. The molecule has 0 bridgehead atoms. The van der Waals surface area contributed by atoms with E-state index in [1.54, 1.807) is 0 Å². The number of benzene rings is 1. The topological polar surface area (TPSA) is 40.5 Å². The molecule has 0 radical (unpaired) electrons. The Kier molecular flexibility index (Phi) is 11.0. The summed E-state index contributed by atoms with van der Waals surface area (Å²) in [5.41, 5.74) is 1.11. The maximum absolute atomic E-state index is 12.0. The van der Waals surface area contributed by atoms with Gasteiger partial charge in [0.25, 0.3) is 0 Å². The van der Waals surface area contributed by atoms with Gasteiger partial charge in [0.05, 0.1) is 0 Å². The normalized spacial score (nSPS) is 14.7. The molecule has 4 heteroatoms. The molecule has 0 amide bonds.